The summed E-state index contributed by atoms with van der Waals surface area (Å²) in [6.45, 7) is 1.94. The SMILES string of the molecule is COc1ccccc1NC(=O)/C(C#N)=C/c1ccc(OC(=O)c2ccc(C)cc2)cc1. The second kappa shape index (κ2) is 9.90. The van der Waals surface area contributed by atoms with Gasteiger partial charge in [-0.2, -0.15) is 5.26 Å². The van der Waals surface area contributed by atoms with Gasteiger partial charge in [0.15, 0.2) is 0 Å². The highest BCUT2D eigenvalue weighted by Gasteiger charge is 2.12. The largest absolute Gasteiger partial charge is 0.495 e. The zero-order valence-corrected chi connectivity index (χ0v) is 17.1. The maximum Gasteiger partial charge on any atom is 0.343 e. The summed E-state index contributed by atoms with van der Waals surface area (Å²) >= 11 is 0. The third-order valence-corrected chi connectivity index (χ3v) is 4.41. The van der Waals surface area contributed by atoms with Crippen LogP contribution in [0.25, 0.3) is 6.08 Å². The number of carbonyl (C=O) groups excluding carboxylic acids is 2. The lowest BCUT2D eigenvalue weighted by Crippen LogP contribution is -2.14. The van der Waals surface area contributed by atoms with E-state index in [-0.39, 0.29) is 5.57 Å². The number of hydrogen-bond acceptors (Lipinski definition) is 5. The van der Waals surface area contributed by atoms with E-state index < -0.39 is 11.9 Å². The predicted molar refractivity (Wildman–Crippen MR) is 118 cm³/mol. The number of para-hydroxylation sites is 2. The van der Waals surface area contributed by atoms with E-state index in [1.165, 1.54) is 13.2 Å². The standard InChI is InChI=1S/C25H20N2O4/c1-17-7-11-19(12-8-17)25(29)31-21-13-9-18(10-14-21)15-20(16-26)24(28)27-22-5-3-4-6-23(22)30-2/h3-15H,1-2H3,(H,27,28)/b20-15+. The lowest BCUT2D eigenvalue weighted by atomic mass is 10.1. The van der Waals surface area contributed by atoms with Gasteiger partial charge in [0.25, 0.3) is 5.91 Å². The number of nitriles is 1. The smallest absolute Gasteiger partial charge is 0.343 e. The molecule has 31 heavy (non-hydrogen) atoms. The second-order valence-electron chi connectivity index (χ2n) is 6.65. The highest BCUT2D eigenvalue weighted by atomic mass is 16.5. The first-order valence-electron chi connectivity index (χ1n) is 9.45. The molecule has 0 aliphatic rings. The first-order chi connectivity index (χ1) is 15.0. The van der Waals surface area contributed by atoms with Gasteiger partial charge in [-0.05, 0) is 55.0 Å². The van der Waals surface area contributed by atoms with Gasteiger partial charge in [-0.1, -0.05) is 42.0 Å². The molecule has 0 atom stereocenters. The number of aryl methyl sites for hydroxylation is 1. The number of anilines is 1. The van der Waals surface area contributed by atoms with Crippen LogP contribution in [0.15, 0.2) is 78.4 Å². The molecule has 154 valence electrons. The highest BCUT2D eigenvalue weighted by molar-refractivity contribution is 6.10. The molecule has 0 heterocycles. The van der Waals surface area contributed by atoms with E-state index in [0.29, 0.717) is 28.3 Å². The van der Waals surface area contributed by atoms with E-state index in [4.69, 9.17) is 9.47 Å². The molecule has 0 saturated carbocycles. The zero-order valence-electron chi connectivity index (χ0n) is 17.1. The van der Waals surface area contributed by atoms with Crippen molar-refractivity contribution in [3.63, 3.8) is 0 Å². The van der Waals surface area contributed by atoms with Crippen LogP contribution < -0.4 is 14.8 Å². The fourth-order valence-corrected chi connectivity index (χ4v) is 2.74. The van der Waals surface area contributed by atoms with Gasteiger partial charge in [-0.25, -0.2) is 4.79 Å². The lowest BCUT2D eigenvalue weighted by molar-refractivity contribution is -0.112. The summed E-state index contributed by atoms with van der Waals surface area (Å²) < 4.78 is 10.6. The molecule has 3 aromatic carbocycles. The fraction of sp³-hybridized carbons (Fsp3) is 0.0800. The van der Waals surface area contributed by atoms with Crippen LogP contribution in [0.4, 0.5) is 5.69 Å². The van der Waals surface area contributed by atoms with E-state index in [1.807, 2.05) is 25.1 Å². The first-order valence-corrected chi connectivity index (χ1v) is 9.45. The Morgan fingerprint density at radius 2 is 1.65 bits per heavy atom. The molecule has 0 aliphatic heterocycles. The topological polar surface area (TPSA) is 88.4 Å². The molecular formula is C25H20N2O4. The minimum absolute atomic E-state index is 0.0738. The van der Waals surface area contributed by atoms with Gasteiger partial charge in [0, 0.05) is 0 Å². The molecule has 6 heteroatoms. The quantitative estimate of drug-likeness (QED) is 0.273. The molecule has 1 N–H and O–H groups in total. The van der Waals surface area contributed by atoms with Gasteiger partial charge in [0.2, 0.25) is 0 Å². The van der Waals surface area contributed by atoms with Crippen LogP contribution >= 0.6 is 0 Å². The van der Waals surface area contributed by atoms with Crippen LogP contribution in [0, 0.1) is 18.3 Å². The van der Waals surface area contributed by atoms with Crippen molar-refractivity contribution in [2.75, 3.05) is 12.4 Å². The number of methoxy groups -OCH3 is 1. The lowest BCUT2D eigenvalue weighted by Gasteiger charge is -2.09. The Hall–Kier alpha value is -4.37. The number of hydrogen-bond donors (Lipinski definition) is 1. The van der Waals surface area contributed by atoms with Crippen molar-refractivity contribution in [1.29, 1.82) is 5.26 Å². The first kappa shape index (κ1) is 21.3. The van der Waals surface area contributed by atoms with E-state index >= 15 is 0 Å². The average molecular weight is 412 g/mol. The number of carbonyl (C=O) groups is 2. The van der Waals surface area contributed by atoms with Crippen molar-refractivity contribution in [3.8, 4) is 17.6 Å². The van der Waals surface area contributed by atoms with Gasteiger partial charge in [-0.15, -0.1) is 0 Å². The molecule has 1 amide bonds. The van der Waals surface area contributed by atoms with Crippen molar-refractivity contribution in [2.45, 2.75) is 6.92 Å². The number of rotatable bonds is 6. The third kappa shape index (κ3) is 5.58. The number of amides is 1. The minimum Gasteiger partial charge on any atom is -0.495 e. The number of benzene rings is 3. The predicted octanol–water partition coefficient (Wildman–Crippen LogP) is 4.77. The van der Waals surface area contributed by atoms with E-state index in [9.17, 15) is 14.9 Å². The Bertz CT molecular complexity index is 1160. The zero-order chi connectivity index (χ0) is 22.2. The van der Waals surface area contributed by atoms with Gasteiger partial charge in [0.05, 0.1) is 18.4 Å². The van der Waals surface area contributed by atoms with Crippen molar-refractivity contribution in [1.82, 2.24) is 0 Å². The van der Waals surface area contributed by atoms with Crippen LogP contribution in [0.1, 0.15) is 21.5 Å². The van der Waals surface area contributed by atoms with Gasteiger partial charge in [0.1, 0.15) is 23.1 Å². The van der Waals surface area contributed by atoms with Crippen LogP contribution in [0.5, 0.6) is 11.5 Å². The molecule has 6 nitrogen and oxygen atoms in total. The Balaban J connectivity index is 1.70. The summed E-state index contributed by atoms with van der Waals surface area (Å²) in [5.74, 6) is -0.161. The van der Waals surface area contributed by atoms with E-state index in [0.717, 1.165) is 5.56 Å². The maximum atomic E-state index is 12.5. The molecule has 0 radical (unpaired) electrons. The minimum atomic E-state index is -0.554. The molecule has 0 aliphatic carbocycles. The molecule has 0 aromatic heterocycles. The molecular weight excluding hydrogens is 392 g/mol. The monoisotopic (exact) mass is 412 g/mol. The molecule has 0 fully saturated rings. The Kier molecular flexibility index (Phi) is 6.82. The van der Waals surface area contributed by atoms with Crippen LogP contribution in [-0.4, -0.2) is 19.0 Å². The van der Waals surface area contributed by atoms with Crippen LogP contribution in [-0.2, 0) is 4.79 Å². The summed E-state index contributed by atoms with van der Waals surface area (Å²) in [5.41, 5.74) is 2.51. The fourth-order valence-electron chi connectivity index (χ4n) is 2.74. The molecule has 0 saturated heterocycles. The number of esters is 1. The summed E-state index contributed by atoms with van der Waals surface area (Å²) in [6, 6.07) is 22.4. The van der Waals surface area contributed by atoms with E-state index in [1.54, 1.807) is 60.7 Å². The summed E-state index contributed by atoms with van der Waals surface area (Å²) in [5, 5.41) is 12.1. The molecule has 3 rings (SSSR count). The highest BCUT2D eigenvalue weighted by Crippen LogP contribution is 2.24. The summed E-state index contributed by atoms with van der Waals surface area (Å²) in [7, 11) is 1.50. The molecule has 3 aromatic rings. The average Bonchev–Trinajstić information content (AvgIpc) is 2.79. The van der Waals surface area contributed by atoms with Crippen LogP contribution in [0.2, 0.25) is 0 Å². The summed E-state index contributed by atoms with van der Waals surface area (Å²) in [4.78, 5) is 24.7. The number of ether oxygens (including phenoxy) is 2. The molecule has 0 bridgehead atoms. The van der Waals surface area contributed by atoms with Gasteiger partial charge < -0.3 is 14.8 Å². The van der Waals surface area contributed by atoms with Gasteiger partial charge >= 0.3 is 5.97 Å². The normalized spacial score (nSPS) is 10.7. The summed E-state index contributed by atoms with van der Waals surface area (Å²) in [6.07, 6.45) is 1.45. The number of nitrogens with one attached hydrogen (secondary N) is 1. The Morgan fingerprint density at radius 3 is 2.29 bits per heavy atom. The number of nitrogens with zero attached hydrogens (tertiary/aromatic N) is 1. The Morgan fingerprint density at radius 1 is 0.968 bits per heavy atom. The van der Waals surface area contributed by atoms with Crippen molar-refractivity contribution < 1.29 is 19.1 Å². The molecule has 0 unspecified atom stereocenters. The second-order valence-corrected chi connectivity index (χ2v) is 6.65. The van der Waals surface area contributed by atoms with Gasteiger partial charge in [-0.3, -0.25) is 4.79 Å². The molecule has 0 spiro atoms. The van der Waals surface area contributed by atoms with Crippen LogP contribution in [0.3, 0.4) is 0 Å². The van der Waals surface area contributed by atoms with Crippen molar-refractivity contribution in [3.05, 3.63) is 95.1 Å². The van der Waals surface area contributed by atoms with Crippen molar-refractivity contribution >= 4 is 23.6 Å². The Labute approximate surface area is 180 Å². The van der Waals surface area contributed by atoms with Crippen molar-refractivity contribution in [2.24, 2.45) is 0 Å². The van der Waals surface area contributed by atoms with E-state index in [2.05, 4.69) is 5.32 Å². The maximum absolute atomic E-state index is 12.5. The third-order valence-electron chi connectivity index (χ3n) is 4.41.